The molecule has 31 heavy (non-hydrogen) atoms. The van der Waals surface area contributed by atoms with Crippen LogP contribution in [-0.4, -0.2) is 76.8 Å². The molecule has 7 nitrogen and oxygen atoms in total. The number of carbonyl (C=O) groups excluding carboxylic acids is 3. The molecule has 3 aliphatic heterocycles. The first-order valence-electron chi connectivity index (χ1n) is 11.7. The van der Waals surface area contributed by atoms with Gasteiger partial charge in [-0.3, -0.25) is 14.5 Å². The average molecular weight is 427 g/mol. The molecule has 0 bridgehead atoms. The maximum Gasteiger partial charge on any atom is 0.325 e. The van der Waals surface area contributed by atoms with Crippen LogP contribution in [0.5, 0.6) is 0 Å². The number of piperidine rings is 2. The quantitative estimate of drug-likeness (QED) is 0.709. The van der Waals surface area contributed by atoms with Gasteiger partial charge >= 0.3 is 6.03 Å². The normalized spacial score (nSPS) is 24.0. The molecule has 1 aromatic rings. The standard InChI is InChI=1S/C24H34N4O3/c1-2-7-21(29)27-14-6-10-20(18-27)28-22(30)24(25-23(28)31)12-16-26(17-13-24)15-11-19-8-4-3-5-9-19/h3-5,8-9,20H,2,6-7,10-18H2,1H3,(H,25,31)/t20-/m1/s1. The summed E-state index contributed by atoms with van der Waals surface area (Å²) in [6.07, 6.45) is 5.22. The highest BCUT2D eigenvalue weighted by Crippen LogP contribution is 2.32. The zero-order valence-corrected chi connectivity index (χ0v) is 18.5. The second-order valence-corrected chi connectivity index (χ2v) is 9.15. The summed E-state index contributed by atoms with van der Waals surface area (Å²) in [7, 11) is 0. The van der Waals surface area contributed by atoms with E-state index >= 15 is 0 Å². The number of nitrogens with zero attached hydrogens (tertiary/aromatic N) is 3. The Morgan fingerprint density at radius 1 is 1.13 bits per heavy atom. The number of amides is 4. The fourth-order valence-electron chi connectivity index (χ4n) is 5.17. The predicted octanol–water partition coefficient (Wildman–Crippen LogP) is 2.41. The summed E-state index contributed by atoms with van der Waals surface area (Å²) in [6, 6.07) is 9.94. The Labute approximate surface area is 184 Å². The fraction of sp³-hybridized carbons (Fsp3) is 0.625. The minimum Gasteiger partial charge on any atom is -0.341 e. The summed E-state index contributed by atoms with van der Waals surface area (Å²) in [4.78, 5) is 44.2. The van der Waals surface area contributed by atoms with Crippen LogP contribution in [0.4, 0.5) is 4.79 Å². The summed E-state index contributed by atoms with van der Waals surface area (Å²) in [5.41, 5.74) is 0.550. The maximum atomic E-state index is 13.4. The van der Waals surface area contributed by atoms with Gasteiger partial charge in [-0.2, -0.15) is 0 Å². The first-order chi connectivity index (χ1) is 15.0. The minimum atomic E-state index is -0.768. The molecule has 1 atom stereocenters. The molecule has 3 aliphatic rings. The number of hydrogen-bond donors (Lipinski definition) is 1. The van der Waals surface area contributed by atoms with E-state index in [0.717, 1.165) is 51.9 Å². The van der Waals surface area contributed by atoms with Crippen molar-refractivity contribution in [3.8, 4) is 0 Å². The highest BCUT2D eigenvalue weighted by molar-refractivity contribution is 6.07. The van der Waals surface area contributed by atoms with Crippen molar-refractivity contribution in [1.29, 1.82) is 0 Å². The number of imide groups is 1. The summed E-state index contributed by atoms with van der Waals surface area (Å²) < 4.78 is 0. The van der Waals surface area contributed by atoms with E-state index in [4.69, 9.17) is 0 Å². The molecule has 7 heteroatoms. The maximum absolute atomic E-state index is 13.4. The lowest BCUT2D eigenvalue weighted by Crippen LogP contribution is -2.56. The lowest BCUT2D eigenvalue weighted by molar-refractivity contribution is -0.139. The van der Waals surface area contributed by atoms with Crippen molar-refractivity contribution in [2.75, 3.05) is 32.7 Å². The number of urea groups is 1. The van der Waals surface area contributed by atoms with Gasteiger partial charge in [-0.15, -0.1) is 0 Å². The van der Waals surface area contributed by atoms with Crippen molar-refractivity contribution in [1.82, 2.24) is 20.0 Å². The molecule has 1 aromatic carbocycles. The van der Waals surface area contributed by atoms with Crippen molar-refractivity contribution in [2.45, 2.75) is 63.5 Å². The molecule has 3 heterocycles. The van der Waals surface area contributed by atoms with Crippen LogP contribution in [0.15, 0.2) is 30.3 Å². The van der Waals surface area contributed by atoms with Crippen LogP contribution in [0, 0.1) is 0 Å². The minimum absolute atomic E-state index is 0.0880. The van der Waals surface area contributed by atoms with Gasteiger partial charge < -0.3 is 15.1 Å². The summed E-state index contributed by atoms with van der Waals surface area (Å²) >= 11 is 0. The fourth-order valence-corrected chi connectivity index (χ4v) is 5.17. The zero-order chi connectivity index (χ0) is 21.8. The Hall–Kier alpha value is -2.41. The monoisotopic (exact) mass is 426 g/mol. The smallest absolute Gasteiger partial charge is 0.325 e. The Kier molecular flexibility index (Phi) is 6.60. The van der Waals surface area contributed by atoms with Crippen LogP contribution in [0.3, 0.4) is 0 Å². The van der Waals surface area contributed by atoms with E-state index in [1.165, 1.54) is 10.5 Å². The Morgan fingerprint density at radius 2 is 1.87 bits per heavy atom. The van der Waals surface area contributed by atoms with E-state index in [-0.39, 0.29) is 23.9 Å². The molecule has 168 valence electrons. The largest absolute Gasteiger partial charge is 0.341 e. The van der Waals surface area contributed by atoms with E-state index < -0.39 is 5.54 Å². The first-order valence-corrected chi connectivity index (χ1v) is 11.7. The molecule has 0 aromatic heterocycles. The van der Waals surface area contributed by atoms with Crippen LogP contribution in [-0.2, 0) is 16.0 Å². The van der Waals surface area contributed by atoms with Crippen molar-refractivity contribution in [3.63, 3.8) is 0 Å². The van der Waals surface area contributed by atoms with E-state index in [0.29, 0.717) is 25.8 Å². The molecule has 3 fully saturated rings. The number of benzene rings is 1. The van der Waals surface area contributed by atoms with Gasteiger partial charge in [0.2, 0.25) is 5.91 Å². The molecular formula is C24H34N4O3. The molecule has 0 aliphatic carbocycles. The van der Waals surface area contributed by atoms with Crippen LogP contribution < -0.4 is 5.32 Å². The van der Waals surface area contributed by atoms with Gasteiger partial charge in [-0.1, -0.05) is 37.3 Å². The molecule has 0 unspecified atom stereocenters. The van der Waals surface area contributed by atoms with Gasteiger partial charge in [0, 0.05) is 39.1 Å². The second-order valence-electron chi connectivity index (χ2n) is 9.15. The molecule has 3 saturated heterocycles. The predicted molar refractivity (Wildman–Crippen MR) is 118 cm³/mol. The van der Waals surface area contributed by atoms with Crippen molar-refractivity contribution < 1.29 is 14.4 Å². The number of likely N-dealkylation sites (tertiary alicyclic amines) is 2. The van der Waals surface area contributed by atoms with Gasteiger partial charge in [0.05, 0.1) is 6.04 Å². The molecule has 4 rings (SSSR count). The summed E-state index contributed by atoms with van der Waals surface area (Å²) in [5, 5.41) is 3.04. The Balaban J connectivity index is 1.34. The van der Waals surface area contributed by atoms with Crippen LogP contribution in [0.2, 0.25) is 0 Å². The molecule has 4 amide bonds. The highest BCUT2D eigenvalue weighted by atomic mass is 16.2. The van der Waals surface area contributed by atoms with Gasteiger partial charge in [0.15, 0.2) is 0 Å². The van der Waals surface area contributed by atoms with Gasteiger partial charge in [-0.25, -0.2) is 4.79 Å². The molecular weight excluding hydrogens is 392 g/mol. The SMILES string of the molecule is CCCC(=O)N1CCC[C@@H](N2C(=O)NC3(CCN(CCc4ccccc4)CC3)C2=O)C1. The van der Waals surface area contributed by atoms with E-state index in [2.05, 4.69) is 34.5 Å². The van der Waals surface area contributed by atoms with Crippen LogP contribution in [0.1, 0.15) is 51.0 Å². The van der Waals surface area contributed by atoms with E-state index in [1.807, 2.05) is 17.9 Å². The Bertz CT molecular complexity index is 804. The lowest BCUT2D eigenvalue weighted by atomic mass is 9.87. The molecule has 0 saturated carbocycles. The first kappa shape index (κ1) is 21.8. The molecule has 1 spiro atoms. The van der Waals surface area contributed by atoms with Crippen molar-refractivity contribution in [2.24, 2.45) is 0 Å². The average Bonchev–Trinajstić information content (AvgIpc) is 3.03. The number of hydrogen-bond acceptors (Lipinski definition) is 4. The Morgan fingerprint density at radius 3 is 2.58 bits per heavy atom. The van der Waals surface area contributed by atoms with E-state index in [9.17, 15) is 14.4 Å². The van der Waals surface area contributed by atoms with E-state index in [1.54, 1.807) is 0 Å². The summed E-state index contributed by atoms with van der Waals surface area (Å²) in [6.45, 7) is 5.75. The number of nitrogens with one attached hydrogen (secondary N) is 1. The van der Waals surface area contributed by atoms with Crippen LogP contribution in [0.25, 0.3) is 0 Å². The number of carbonyl (C=O) groups is 3. The second kappa shape index (κ2) is 9.39. The third-order valence-corrected chi connectivity index (χ3v) is 7.04. The van der Waals surface area contributed by atoms with Gasteiger partial charge in [0.25, 0.3) is 5.91 Å². The lowest BCUT2D eigenvalue weighted by Gasteiger charge is -2.39. The van der Waals surface area contributed by atoms with Gasteiger partial charge in [0.1, 0.15) is 5.54 Å². The van der Waals surface area contributed by atoms with Crippen LogP contribution >= 0.6 is 0 Å². The summed E-state index contributed by atoms with van der Waals surface area (Å²) in [5.74, 6) is 0.0377. The third kappa shape index (κ3) is 4.61. The van der Waals surface area contributed by atoms with Gasteiger partial charge in [-0.05, 0) is 44.1 Å². The molecule has 0 radical (unpaired) electrons. The molecule has 1 N–H and O–H groups in total. The third-order valence-electron chi connectivity index (χ3n) is 7.04. The van der Waals surface area contributed by atoms with Crippen molar-refractivity contribution in [3.05, 3.63) is 35.9 Å². The number of rotatable bonds is 6. The topological polar surface area (TPSA) is 73.0 Å². The van der Waals surface area contributed by atoms with Crippen molar-refractivity contribution >= 4 is 17.8 Å². The highest BCUT2D eigenvalue weighted by Gasteiger charge is 2.54. The zero-order valence-electron chi connectivity index (χ0n) is 18.5.